The van der Waals surface area contributed by atoms with E-state index in [-0.39, 0.29) is 5.54 Å². The first kappa shape index (κ1) is 15.4. The number of piperazine rings is 1. The molecule has 0 bridgehead atoms. The second-order valence-corrected chi connectivity index (χ2v) is 7.08. The molecule has 2 heterocycles. The summed E-state index contributed by atoms with van der Waals surface area (Å²) in [5.74, 6) is 1.06. The SMILES string of the molecule is CCC[C@H](c1nnnn1C(C)(C)C)[NH+]1CC[NH+](C)CC1. The zero-order chi connectivity index (χ0) is 14.8. The molecule has 0 saturated carbocycles. The van der Waals surface area contributed by atoms with Crippen LogP contribution in [0.25, 0.3) is 0 Å². The Labute approximate surface area is 122 Å². The van der Waals surface area contributed by atoms with Crippen LogP contribution in [0.15, 0.2) is 0 Å². The van der Waals surface area contributed by atoms with Crippen molar-refractivity contribution in [2.75, 3.05) is 33.2 Å². The Morgan fingerprint density at radius 1 is 1.20 bits per heavy atom. The van der Waals surface area contributed by atoms with Gasteiger partial charge in [-0.15, -0.1) is 5.10 Å². The Morgan fingerprint density at radius 2 is 1.85 bits per heavy atom. The molecule has 0 unspecified atom stereocenters. The van der Waals surface area contributed by atoms with Gasteiger partial charge in [-0.3, -0.25) is 0 Å². The van der Waals surface area contributed by atoms with E-state index in [0.29, 0.717) is 6.04 Å². The van der Waals surface area contributed by atoms with Gasteiger partial charge in [0.2, 0.25) is 5.82 Å². The number of aromatic nitrogens is 4. The number of nitrogens with zero attached hydrogens (tertiary/aromatic N) is 4. The van der Waals surface area contributed by atoms with Gasteiger partial charge in [-0.2, -0.15) is 0 Å². The lowest BCUT2D eigenvalue weighted by Gasteiger charge is -2.33. The molecule has 0 spiro atoms. The molecule has 0 aromatic carbocycles. The third kappa shape index (κ3) is 3.35. The van der Waals surface area contributed by atoms with Crippen molar-refractivity contribution < 1.29 is 9.80 Å². The molecule has 6 heteroatoms. The molecule has 0 radical (unpaired) electrons. The number of hydrogen-bond donors (Lipinski definition) is 2. The van der Waals surface area contributed by atoms with Gasteiger partial charge in [-0.1, -0.05) is 13.3 Å². The van der Waals surface area contributed by atoms with Crippen LogP contribution < -0.4 is 9.80 Å². The van der Waals surface area contributed by atoms with Crippen LogP contribution in [0.1, 0.15) is 52.4 Å². The molecule has 2 rings (SSSR count). The zero-order valence-electron chi connectivity index (χ0n) is 13.6. The van der Waals surface area contributed by atoms with Gasteiger partial charge in [-0.05, 0) is 31.2 Å². The van der Waals surface area contributed by atoms with E-state index >= 15 is 0 Å². The van der Waals surface area contributed by atoms with Crippen LogP contribution >= 0.6 is 0 Å². The summed E-state index contributed by atoms with van der Waals surface area (Å²) in [4.78, 5) is 3.29. The Hall–Kier alpha value is -1.01. The Balaban J connectivity index is 2.23. The summed E-state index contributed by atoms with van der Waals surface area (Å²) in [7, 11) is 2.28. The van der Waals surface area contributed by atoms with Crippen molar-refractivity contribution in [2.24, 2.45) is 0 Å². The Morgan fingerprint density at radius 3 is 2.40 bits per heavy atom. The number of nitrogens with one attached hydrogen (secondary N) is 2. The van der Waals surface area contributed by atoms with Gasteiger partial charge in [-0.25, -0.2) is 4.68 Å². The van der Waals surface area contributed by atoms with Gasteiger partial charge in [0.1, 0.15) is 32.2 Å². The number of rotatable bonds is 4. The van der Waals surface area contributed by atoms with Crippen LogP contribution in [-0.4, -0.2) is 53.4 Å². The lowest BCUT2D eigenvalue weighted by molar-refractivity contribution is -1.02. The van der Waals surface area contributed by atoms with Gasteiger partial charge in [0.15, 0.2) is 0 Å². The number of tetrazole rings is 1. The summed E-state index contributed by atoms with van der Waals surface area (Å²) < 4.78 is 2.02. The molecule has 1 fully saturated rings. The first-order valence-corrected chi connectivity index (χ1v) is 7.88. The third-order valence-corrected chi connectivity index (χ3v) is 4.26. The van der Waals surface area contributed by atoms with Crippen LogP contribution in [0.5, 0.6) is 0 Å². The zero-order valence-corrected chi connectivity index (χ0v) is 13.6. The highest BCUT2D eigenvalue weighted by atomic mass is 15.6. The maximum Gasteiger partial charge on any atom is 0.209 e. The molecular weight excluding hydrogens is 252 g/mol. The minimum absolute atomic E-state index is 0.0535. The maximum absolute atomic E-state index is 4.37. The van der Waals surface area contributed by atoms with E-state index in [1.807, 2.05) is 4.68 Å². The van der Waals surface area contributed by atoms with E-state index in [1.165, 1.54) is 32.6 Å². The highest BCUT2D eigenvalue weighted by Gasteiger charge is 2.34. The minimum Gasteiger partial charge on any atom is -0.328 e. The molecule has 20 heavy (non-hydrogen) atoms. The topological polar surface area (TPSA) is 52.5 Å². The second kappa shape index (κ2) is 6.18. The van der Waals surface area contributed by atoms with Crippen molar-refractivity contribution in [2.45, 2.75) is 52.1 Å². The molecule has 1 aliphatic heterocycles. The molecule has 0 aliphatic carbocycles. The largest absolute Gasteiger partial charge is 0.328 e. The number of quaternary nitrogens is 2. The highest BCUT2D eigenvalue weighted by Crippen LogP contribution is 2.19. The summed E-state index contributed by atoms with van der Waals surface area (Å²) >= 11 is 0. The third-order valence-electron chi connectivity index (χ3n) is 4.26. The van der Waals surface area contributed by atoms with Crippen LogP contribution in [-0.2, 0) is 5.54 Å². The van der Waals surface area contributed by atoms with E-state index in [1.54, 1.807) is 9.80 Å². The summed E-state index contributed by atoms with van der Waals surface area (Å²) in [5.41, 5.74) is -0.0535. The van der Waals surface area contributed by atoms with Gasteiger partial charge >= 0.3 is 0 Å². The number of likely N-dealkylation sites (N-methyl/N-ethyl adjacent to an activating group) is 1. The van der Waals surface area contributed by atoms with E-state index in [9.17, 15) is 0 Å². The fourth-order valence-corrected chi connectivity index (χ4v) is 3.04. The smallest absolute Gasteiger partial charge is 0.209 e. The van der Waals surface area contributed by atoms with E-state index < -0.39 is 0 Å². The predicted molar refractivity (Wildman–Crippen MR) is 77.8 cm³/mol. The summed E-state index contributed by atoms with van der Waals surface area (Å²) in [6.07, 6.45) is 2.33. The average Bonchev–Trinajstić information content (AvgIpc) is 2.86. The second-order valence-electron chi connectivity index (χ2n) is 7.08. The van der Waals surface area contributed by atoms with E-state index in [2.05, 4.69) is 50.3 Å². The van der Waals surface area contributed by atoms with Crippen molar-refractivity contribution >= 4 is 0 Å². The summed E-state index contributed by atoms with van der Waals surface area (Å²) in [6, 6.07) is 0.433. The van der Waals surface area contributed by atoms with Gasteiger partial charge in [0, 0.05) is 6.42 Å². The van der Waals surface area contributed by atoms with Crippen molar-refractivity contribution in [1.29, 1.82) is 0 Å². The normalized spacial score (nSPS) is 25.6. The van der Waals surface area contributed by atoms with Crippen LogP contribution in [0, 0.1) is 0 Å². The van der Waals surface area contributed by atoms with Crippen LogP contribution in [0.2, 0.25) is 0 Å². The first-order valence-electron chi connectivity index (χ1n) is 7.88. The highest BCUT2D eigenvalue weighted by molar-refractivity contribution is 4.92. The van der Waals surface area contributed by atoms with Crippen molar-refractivity contribution in [1.82, 2.24) is 20.2 Å². The van der Waals surface area contributed by atoms with Crippen molar-refractivity contribution in [3.8, 4) is 0 Å². The van der Waals surface area contributed by atoms with E-state index in [4.69, 9.17) is 0 Å². The van der Waals surface area contributed by atoms with Gasteiger partial charge in [0.05, 0.1) is 12.6 Å². The molecule has 2 N–H and O–H groups in total. The predicted octanol–water partition coefficient (Wildman–Crippen LogP) is -1.32. The van der Waals surface area contributed by atoms with Crippen molar-refractivity contribution in [3.63, 3.8) is 0 Å². The van der Waals surface area contributed by atoms with Crippen molar-refractivity contribution in [3.05, 3.63) is 5.82 Å². The fourth-order valence-electron chi connectivity index (χ4n) is 3.04. The van der Waals surface area contributed by atoms with Crippen LogP contribution in [0.3, 0.4) is 0 Å². The molecular formula is C14H30N6+2. The fraction of sp³-hybridized carbons (Fsp3) is 0.929. The van der Waals surface area contributed by atoms with E-state index in [0.717, 1.165) is 12.2 Å². The molecule has 1 aliphatic rings. The minimum atomic E-state index is -0.0535. The maximum atomic E-state index is 4.37. The average molecular weight is 282 g/mol. The Bertz CT molecular complexity index is 414. The standard InChI is InChI=1S/C14H28N6/c1-6-7-12(19-10-8-18(5)9-11-19)13-15-16-17-20(13)14(2,3)4/h12H,6-11H2,1-5H3/p+2/t12-/m1/s1. The lowest BCUT2D eigenvalue weighted by atomic mass is 10.1. The summed E-state index contributed by atoms with van der Waals surface area (Å²) in [6.45, 7) is 13.7. The monoisotopic (exact) mass is 282 g/mol. The molecule has 114 valence electrons. The number of hydrogen-bond acceptors (Lipinski definition) is 3. The molecule has 1 aromatic rings. The molecule has 6 nitrogen and oxygen atoms in total. The van der Waals surface area contributed by atoms with Crippen LogP contribution in [0.4, 0.5) is 0 Å². The Kier molecular flexibility index (Phi) is 4.75. The quantitative estimate of drug-likeness (QED) is 0.720. The molecule has 1 aromatic heterocycles. The molecule has 1 saturated heterocycles. The molecule has 0 amide bonds. The van der Waals surface area contributed by atoms with Gasteiger partial charge in [0.25, 0.3) is 0 Å². The van der Waals surface area contributed by atoms with Gasteiger partial charge < -0.3 is 9.80 Å². The lowest BCUT2D eigenvalue weighted by Crippen LogP contribution is -3.27. The first-order chi connectivity index (χ1) is 9.43. The summed E-state index contributed by atoms with van der Waals surface area (Å²) in [5, 5.41) is 12.6. The molecule has 1 atom stereocenters.